The van der Waals surface area contributed by atoms with Crippen LogP contribution in [0.4, 0.5) is 0 Å². The molecule has 0 radical (unpaired) electrons. The molecule has 0 spiro atoms. The van der Waals surface area contributed by atoms with E-state index in [0.29, 0.717) is 6.42 Å². The van der Waals surface area contributed by atoms with Crippen LogP contribution in [0.3, 0.4) is 0 Å². The first kappa shape index (κ1) is 20.7. The third kappa shape index (κ3) is 6.56. The minimum atomic E-state index is -4.99. The van der Waals surface area contributed by atoms with Gasteiger partial charge < -0.3 is 14.2 Å². The van der Waals surface area contributed by atoms with Crippen LogP contribution in [0.1, 0.15) is 20.3 Å². The number of hydrogen-bond donors (Lipinski definition) is 2. The topological polar surface area (TPSA) is 155 Å². The van der Waals surface area contributed by atoms with Gasteiger partial charge in [0, 0.05) is 13.7 Å². The lowest BCUT2D eigenvalue weighted by molar-refractivity contribution is -0.283. The van der Waals surface area contributed by atoms with Gasteiger partial charge in [0.05, 0.1) is 6.10 Å². The third-order valence-electron chi connectivity index (χ3n) is 2.94. The van der Waals surface area contributed by atoms with Crippen molar-refractivity contribution < 1.29 is 48.5 Å². The first-order chi connectivity index (χ1) is 10.5. The van der Waals surface area contributed by atoms with Gasteiger partial charge in [-0.05, 0) is 13.3 Å². The Bertz CT molecular complexity index is 572. The predicted octanol–water partition coefficient (Wildman–Crippen LogP) is -0.451. The minimum Gasteiger partial charge on any atom is -0.373 e. The maximum Gasteiger partial charge on any atom is 0.397 e. The van der Waals surface area contributed by atoms with Gasteiger partial charge in [0.15, 0.2) is 12.4 Å². The second kappa shape index (κ2) is 8.13. The predicted molar refractivity (Wildman–Crippen MR) is 74.2 cm³/mol. The molecule has 0 aliphatic carbocycles. The van der Waals surface area contributed by atoms with Crippen molar-refractivity contribution in [3.8, 4) is 0 Å². The molecule has 1 aliphatic rings. The van der Waals surface area contributed by atoms with E-state index in [2.05, 4.69) is 8.37 Å². The smallest absolute Gasteiger partial charge is 0.373 e. The van der Waals surface area contributed by atoms with E-state index in [1.54, 1.807) is 6.92 Å². The van der Waals surface area contributed by atoms with Gasteiger partial charge in [0.1, 0.15) is 12.2 Å². The molecule has 138 valence electrons. The van der Waals surface area contributed by atoms with Crippen LogP contribution in [0.25, 0.3) is 0 Å². The molecule has 0 aromatic heterocycles. The van der Waals surface area contributed by atoms with Crippen molar-refractivity contribution >= 4 is 20.8 Å². The van der Waals surface area contributed by atoms with Gasteiger partial charge in [0.2, 0.25) is 0 Å². The second-order valence-electron chi connectivity index (χ2n) is 4.76. The SMILES string of the molecule is CCCO[C@@H]1[C@@H](OS(=O)(=O)O)[C@@H](OS(=O)(=O)O)[C@H](OC)O[C@H]1C. The van der Waals surface area contributed by atoms with E-state index in [1.165, 1.54) is 6.92 Å². The Balaban J connectivity index is 3.19. The fraction of sp³-hybridized carbons (Fsp3) is 1.00. The summed E-state index contributed by atoms with van der Waals surface area (Å²) in [6, 6.07) is 0. The molecule has 13 heteroatoms. The fourth-order valence-electron chi connectivity index (χ4n) is 2.14. The van der Waals surface area contributed by atoms with Crippen LogP contribution in [-0.4, -0.2) is 70.4 Å². The van der Waals surface area contributed by atoms with Crippen LogP contribution in [0.5, 0.6) is 0 Å². The highest BCUT2D eigenvalue weighted by molar-refractivity contribution is 7.81. The molecule has 23 heavy (non-hydrogen) atoms. The van der Waals surface area contributed by atoms with E-state index in [0.717, 1.165) is 7.11 Å². The summed E-state index contributed by atoms with van der Waals surface area (Å²) in [7, 11) is -8.81. The Morgan fingerprint density at radius 1 is 1.00 bits per heavy atom. The average Bonchev–Trinajstić information content (AvgIpc) is 2.38. The highest BCUT2D eigenvalue weighted by Gasteiger charge is 2.50. The van der Waals surface area contributed by atoms with Crippen molar-refractivity contribution in [3.05, 3.63) is 0 Å². The van der Waals surface area contributed by atoms with E-state index < -0.39 is 51.5 Å². The molecule has 0 bridgehead atoms. The largest absolute Gasteiger partial charge is 0.397 e. The van der Waals surface area contributed by atoms with Crippen molar-refractivity contribution in [2.24, 2.45) is 0 Å². The van der Waals surface area contributed by atoms with E-state index in [-0.39, 0.29) is 6.61 Å². The summed E-state index contributed by atoms with van der Waals surface area (Å²) in [5, 5.41) is 0. The number of hydrogen-bond acceptors (Lipinski definition) is 9. The Morgan fingerprint density at radius 3 is 1.96 bits per heavy atom. The molecule has 0 aromatic rings. The Morgan fingerprint density at radius 2 is 1.52 bits per heavy atom. The maximum atomic E-state index is 11.1. The third-order valence-corrected chi connectivity index (χ3v) is 3.87. The standard InChI is InChI=1S/C10H20O11S2/c1-4-5-18-7-6(2)19-10(17-3)9(21-23(14,15)16)8(7)20-22(11,12)13/h6-10H,4-5H2,1-3H3,(H,11,12,13)(H,14,15,16)/t6-,7-,8+,9+,10+/m0/s1. The zero-order chi connectivity index (χ0) is 17.8. The maximum absolute atomic E-state index is 11.1. The molecule has 1 heterocycles. The highest BCUT2D eigenvalue weighted by atomic mass is 32.3. The molecular formula is C10H20O11S2. The van der Waals surface area contributed by atoms with Gasteiger partial charge in [-0.15, -0.1) is 0 Å². The van der Waals surface area contributed by atoms with Crippen LogP contribution in [-0.2, 0) is 43.4 Å². The van der Waals surface area contributed by atoms with Gasteiger partial charge in [-0.1, -0.05) is 6.92 Å². The molecule has 11 nitrogen and oxygen atoms in total. The normalized spacial score (nSPS) is 32.8. The summed E-state index contributed by atoms with van der Waals surface area (Å²) < 4.78 is 86.4. The van der Waals surface area contributed by atoms with Crippen LogP contribution in [0.15, 0.2) is 0 Å². The van der Waals surface area contributed by atoms with Crippen LogP contribution < -0.4 is 0 Å². The summed E-state index contributed by atoms with van der Waals surface area (Å²) in [6.07, 6.45) is -6.06. The molecular weight excluding hydrogens is 360 g/mol. The van der Waals surface area contributed by atoms with Crippen molar-refractivity contribution in [2.45, 2.75) is 51.0 Å². The summed E-state index contributed by atoms with van der Waals surface area (Å²) in [6.45, 7) is 3.48. The van der Waals surface area contributed by atoms with E-state index >= 15 is 0 Å². The molecule has 5 atom stereocenters. The van der Waals surface area contributed by atoms with Crippen molar-refractivity contribution in [1.29, 1.82) is 0 Å². The first-order valence-electron chi connectivity index (χ1n) is 6.59. The fourth-order valence-corrected chi connectivity index (χ4v) is 3.12. The lowest BCUT2D eigenvalue weighted by Crippen LogP contribution is -2.60. The van der Waals surface area contributed by atoms with Crippen molar-refractivity contribution in [2.75, 3.05) is 13.7 Å². The van der Waals surface area contributed by atoms with Gasteiger partial charge in [0.25, 0.3) is 0 Å². The Kier molecular flexibility index (Phi) is 7.31. The minimum absolute atomic E-state index is 0.181. The van der Waals surface area contributed by atoms with E-state index in [1.807, 2.05) is 0 Å². The number of methoxy groups -OCH3 is 1. The monoisotopic (exact) mass is 380 g/mol. The summed E-state index contributed by atoms with van der Waals surface area (Å²) in [4.78, 5) is 0. The number of rotatable bonds is 8. The lowest BCUT2D eigenvalue weighted by atomic mass is 10.00. The summed E-state index contributed by atoms with van der Waals surface area (Å²) in [5.74, 6) is 0. The zero-order valence-electron chi connectivity index (χ0n) is 12.7. The van der Waals surface area contributed by atoms with Gasteiger partial charge in [-0.2, -0.15) is 16.8 Å². The Hall–Kier alpha value is -0.380. The van der Waals surface area contributed by atoms with Crippen LogP contribution in [0.2, 0.25) is 0 Å². The molecule has 0 amide bonds. The van der Waals surface area contributed by atoms with Crippen molar-refractivity contribution in [1.82, 2.24) is 0 Å². The quantitative estimate of drug-likeness (QED) is 0.526. The lowest BCUT2D eigenvalue weighted by Gasteiger charge is -2.42. The summed E-state index contributed by atoms with van der Waals surface area (Å²) in [5.41, 5.74) is 0. The molecule has 1 aliphatic heterocycles. The van der Waals surface area contributed by atoms with Crippen LogP contribution >= 0.6 is 0 Å². The van der Waals surface area contributed by atoms with E-state index in [9.17, 15) is 16.8 Å². The highest BCUT2D eigenvalue weighted by Crippen LogP contribution is 2.30. The number of ether oxygens (including phenoxy) is 3. The molecule has 2 N–H and O–H groups in total. The molecule has 0 aromatic carbocycles. The molecule has 0 unspecified atom stereocenters. The first-order valence-corrected chi connectivity index (χ1v) is 9.32. The molecule has 1 rings (SSSR count). The van der Waals surface area contributed by atoms with Crippen LogP contribution in [0, 0.1) is 0 Å². The molecule has 0 saturated carbocycles. The van der Waals surface area contributed by atoms with Gasteiger partial charge in [-0.3, -0.25) is 9.11 Å². The van der Waals surface area contributed by atoms with Crippen molar-refractivity contribution in [3.63, 3.8) is 0 Å². The van der Waals surface area contributed by atoms with Gasteiger partial charge in [-0.25, -0.2) is 8.37 Å². The Labute approximate surface area is 134 Å². The van der Waals surface area contributed by atoms with Gasteiger partial charge >= 0.3 is 20.8 Å². The zero-order valence-corrected chi connectivity index (χ0v) is 14.3. The van der Waals surface area contributed by atoms with E-state index in [4.69, 9.17) is 23.3 Å². The summed E-state index contributed by atoms with van der Waals surface area (Å²) >= 11 is 0. The second-order valence-corrected chi connectivity index (χ2v) is 6.85. The molecule has 1 fully saturated rings. The average molecular weight is 380 g/mol. The molecule has 1 saturated heterocycles.